The molecule has 1 aromatic heterocycles. The van der Waals surface area contributed by atoms with Crippen molar-refractivity contribution in [2.45, 2.75) is 13.5 Å². The quantitative estimate of drug-likeness (QED) is 0.659. The largest absolute Gasteiger partial charge is 0.493 e. The first-order valence-electron chi connectivity index (χ1n) is 8.34. The van der Waals surface area contributed by atoms with Crippen LogP contribution in [0.15, 0.2) is 60.9 Å². The van der Waals surface area contributed by atoms with Crippen molar-refractivity contribution in [1.29, 1.82) is 0 Å². The van der Waals surface area contributed by atoms with E-state index in [2.05, 4.69) is 10.3 Å². The van der Waals surface area contributed by atoms with Crippen molar-refractivity contribution in [2.75, 3.05) is 12.4 Å². The van der Waals surface area contributed by atoms with Crippen molar-refractivity contribution in [2.24, 2.45) is 0 Å². The third-order valence-corrected chi connectivity index (χ3v) is 4.42. The molecule has 1 amide bonds. The number of ether oxygens (including phenoxy) is 2. The molecule has 3 rings (SSSR count). The molecular weight excluding hydrogens is 364 g/mol. The van der Waals surface area contributed by atoms with Gasteiger partial charge in [-0.25, -0.2) is 0 Å². The third kappa shape index (κ3) is 4.57. The lowest BCUT2D eigenvalue weighted by atomic mass is 10.1. The van der Waals surface area contributed by atoms with Gasteiger partial charge < -0.3 is 14.8 Å². The number of hydrogen-bond acceptors (Lipinski definition) is 4. The number of halogens is 1. The molecule has 6 heteroatoms. The van der Waals surface area contributed by atoms with Crippen molar-refractivity contribution in [3.63, 3.8) is 0 Å². The summed E-state index contributed by atoms with van der Waals surface area (Å²) in [5.41, 5.74) is 2.93. The highest BCUT2D eigenvalue weighted by Gasteiger charge is 2.13. The molecule has 0 saturated carbocycles. The molecule has 0 bridgehead atoms. The minimum Gasteiger partial charge on any atom is -0.493 e. The summed E-state index contributed by atoms with van der Waals surface area (Å²) in [5.74, 6) is 0.756. The summed E-state index contributed by atoms with van der Waals surface area (Å²) >= 11 is 6.15. The maximum absolute atomic E-state index is 12.5. The molecule has 1 heterocycles. The number of amides is 1. The Bertz CT molecular complexity index is 960. The molecule has 0 spiro atoms. The number of benzene rings is 2. The SMILES string of the molecule is COc1cc(C(=O)Nc2cnccc2C)ccc1OCc1ccccc1Cl. The Morgan fingerprint density at radius 2 is 1.96 bits per heavy atom. The predicted octanol–water partition coefficient (Wildman–Crippen LogP) is 4.88. The summed E-state index contributed by atoms with van der Waals surface area (Å²) < 4.78 is 11.2. The van der Waals surface area contributed by atoms with Gasteiger partial charge >= 0.3 is 0 Å². The van der Waals surface area contributed by atoms with E-state index in [-0.39, 0.29) is 5.91 Å². The molecule has 5 nitrogen and oxygen atoms in total. The van der Waals surface area contributed by atoms with Crippen LogP contribution in [0.3, 0.4) is 0 Å². The van der Waals surface area contributed by atoms with Crippen LogP contribution in [0.1, 0.15) is 21.5 Å². The number of carbonyl (C=O) groups is 1. The van der Waals surface area contributed by atoms with E-state index in [1.54, 1.807) is 30.6 Å². The average molecular weight is 383 g/mol. The van der Waals surface area contributed by atoms with Gasteiger partial charge in [0, 0.05) is 22.3 Å². The number of methoxy groups -OCH3 is 1. The first-order chi connectivity index (χ1) is 13.1. The van der Waals surface area contributed by atoms with E-state index in [4.69, 9.17) is 21.1 Å². The number of hydrogen-bond donors (Lipinski definition) is 1. The van der Waals surface area contributed by atoms with Crippen LogP contribution >= 0.6 is 11.6 Å². The third-order valence-electron chi connectivity index (χ3n) is 4.05. The first kappa shape index (κ1) is 18.7. The van der Waals surface area contributed by atoms with Gasteiger partial charge in [-0.1, -0.05) is 29.8 Å². The molecule has 0 saturated heterocycles. The second-order valence-electron chi connectivity index (χ2n) is 5.89. The summed E-state index contributed by atoms with van der Waals surface area (Å²) in [6, 6.07) is 14.3. The van der Waals surface area contributed by atoms with Crippen LogP contribution < -0.4 is 14.8 Å². The molecular formula is C21H19ClN2O3. The minimum absolute atomic E-state index is 0.248. The monoisotopic (exact) mass is 382 g/mol. The minimum atomic E-state index is -0.248. The van der Waals surface area contributed by atoms with E-state index >= 15 is 0 Å². The van der Waals surface area contributed by atoms with Crippen molar-refractivity contribution in [1.82, 2.24) is 4.98 Å². The van der Waals surface area contributed by atoms with Gasteiger partial charge in [0.05, 0.1) is 19.0 Å². The Kier molecular flexibility index (Phi) is 5.94. The van der Waals surface area contributed by atoms with E-state index in [9.17, 15) is 4.79 Å². The van der Waals surface area contributed by atoms with Gasteiger partial charge in [-0.15, -0.1) is 0 Å². The summed E-state index contributed by atoms with van der Waals surface area (Å²) in [6.07, 6.45) is 3.30. The topological polar surface area (TPSA) is 60.5 Å². The van der Waals surface area contributed by atoms with Crippen molar-refractivity contribution < 1.29 is 14.3 Å². The number of nitrogens with zero attached hydrogens (tertiary/aromatic N) is 1. The van der Waals surface area contributed by atoms with Gasteiger partial charge in [0.1, 0.15) is 6.61 Å². The Hall–Kier alpha value is -3.05. The molecule has 0 aliphatic heterocycles. The number of anilines is 1. The number of aryl methyl sites for hydroxylation is 1. The van der Waals surface area contributed by atoms with Crippen LogP contribution in [0.2, 0.25) is 5.02 Å². The van der Waals surface area contributed by atoms with Gasteiger partial charge in [0.15, 0.2) is 11.5 Å². The summed E-state index contributed by atoms with van der Waals surface area (Å²) in [5, 5.41) is 3.49. The smallest absolute Gasteiger partial charge is 0.255 e. The van der Waals surface area contributed by atoms with Crippen LogP contribution in [-0.2, 0) is 6.61 Å². The van der Waals surface area contributed by atoms with Crippen LogP contribution in [0.5, 0.6) is 11.5 Å². The number of pyridine rings is 1. The lowest BCUT2D eigenvalue weighted by Gasteiger charge is -2.13. The summed E-state index contributed by atoms with van der Waals surface area (Å²) in [7, 11) is 1.53. The number of carbonyl (C=O) groups excluding carboxylic acids is 1. The fourth-order valence-electron chi connectivity index (χ4n) is 2.49. The number of aromatic nitrogens is 1. The maximum atomic E-state index is 12.5. The molecule has 0 aliphatic rings. The van der Waals surface area contributed by atoms with Gasteiger partial charge in [-0.2, -0.15) is 0 Å². The average Bonchev–Trinajstić information content (AvgIpc) is 2.69. The zero-order valence-corrected chi connectivity index (χ0v) is 15.8. The lowest BCUT2D eigenvalue weighted by molar-refractivity contribution is 0.102. The van der Waals surface area contributed by atoms with E-state index in [1.807, 2.05) is 37.3 Å². The van der Waals surface area contributed by atoms with E-state index in [1.165, 1.54) is 7.11 Å². The van der Waals surface area contributed by atoms with Gasteiger partial charge in [-0.3, -0.25) is 9.78 Å². The summed E-state index contributed by atoms with van der Waals surface area (Å²) in [4.78, 5) is 16.5. The summed E-state index contributed by atoms with van der Waals surface area (Å²) in [6.45, 7) is 2.21. The molecule has 0 aliphatic carbocycles. The molecule has 2 aromatic carbocycles. The van der Waals surface area contributed by atoms with E-state index in [0.717, 1.165) is 11.1 Å². The molecule has 27 heavy (non-hydrogen) atoms. The molecule has 3 aromatic rings. The second kappa shape index (κ2) is 8.56. The van der Waals surface area contributed by atoms with E-state index < -0.39 is 0 Å². The van der Waals surface area contributed by atoms with Gasteiger partial charge in [-0.05, 0) is 42.8 Å². The highest BCUT2D eigenvalue weighted by molar-refractivity contribution is 6.31. The fourth-order valence-corrected chi connectivity index (χ4v) is 2.68. The molecule has 0 radical (unpaired) electrons. The van der Waals surface area contributed by atoms with Crippen molar-refractivity contribution in [3.8, 4) is 11.5 Å². The number of rotatable bonds is 6. The maximum Gasteiger partial charge on any atom is 0.255 e. The highest BCUT2D eigenvalue weighted by Crippen LogP contribution is 2.30. The first-order valence-corrected chi connectivity index (χ1v) is 8.72. The molecule has 0 fully saturated rings. The lowest BCUT2D eigenvalue weighted by Crippen LogP contribution is -2.13. The van der Waals surface area contributed by atoms with Crippen molar-refractivity contribution >= 4 is 23.2 Å². The van der Waals surface area contributed by atoms with Gasteiger partial charge in [0.25, 0.3) is 5.91 Å². The fraction of sp³-hybridized carbons (Fsp3) is 0.143. The van der Waals surface area contributed by atoms with Crippen LogP contribution in [0.4, 0.5) is 5.69 Å². The molecule has 1 N–H and O–H groups in total. The van der Waals surface area contributed by atoms with Crippen LogP contribution in [-0.4, -0.2) is 18.0 Å². The Balaban J connectivity index is 1.75. The predicted molar refractivity (Wildman–Crippen MR) is 106 cm³/mol. The van der Waals surface area contributed by atoms with Crippen LogP contribution in [0.25, 0.3) is 0 Å². The molecule has 0 atom stereocenters. The Morgan fingerprint density at radius 1 is 1.15 bits per heavy atom. The van der Waals surface area contributed by atoms with Gasteiger partial charge in [0.2, 0.25) is 0 Å². The zero-order valence-electron chi connectivity index (χ0n) is 15.0. The highest BCUT2D eigenvalue weighted by atomic mass is 35.5. The zero-order chi connectivity index (χ0) is 19.2. The van der Waals surface area contributed by atoms with E-state index in [0.29, 0.717) is 34.4 Å². The van der Waals surface area contributed by atoms with Crippen molar-refractivity contribution in [3.05, 3.63) is 82.6 Å². The normalized spacial score (nSPS) is 10.3. The van der Waals surface area contributed by atoms with Crippen LogP contribution in [0, 0.1) is 6.92 Å². The standard InChI is InChI=1S/C21H19ClN2O3/c1-14-9-10-23-12-18(14)24-21(25)15-7-8-19(20(11-15)26-2)27-13-16-5-3-4-6-17(16)22/h3-12H,13H2,1-2H3,(H,24,25). The number of nitrogens with one attached hydrogen (secondary N) is 1. The molecule has 138 valence electrons. The second-order valence-corrected chi connectivity index (χ2v) is 6.30. The molecule has 0 unspecified atom stereocenters. The Labute approximate surface area is 162 Å². The Morgan fingerprint density at radius 3 is 2.70 bits per heavy atom.